The van der Waals surface area contributed by atoms with Crippen LogP contribution in [0.1, 0.15) is 20.8 Å². The number of rotatable bonds is 3. The summed E-state index contributed by atoms with van der Waals surface area (Å²) in [5.74, 6) is -1.68. The van der Waals surface area contributed by atoms with Crippen molar-refractivity contribution in [2.75, 3.05) is 12.4 Å². The van der Waals surface area contributed by atoms with Crippen LogP contribution in [0.15, 0.2) is 30.5 Å². The fourth-order valence-electron chi connectivity index (χ4n) is 1.69. The van der Waals surface area contributed by atoms with Gasteiger partial charge in [0.05, 0.1) is 19.0 Å². The normalized spacial score (nSPS) is 10.2. The van der Waals surface area contributed by atoms with E-state index in [1.807, 2.05) is 0 Å². The topological polar surface area (TPSA) is 73.2 Å². The monoisotopic (exact) mass is 277 g/mol. The molecule has 2 rings (SSSR count). The summed E-state index contributed by atoms with van der Waals surface area (Å²) in [4.78, 5) is 23.6. The van der Waals surface area contributed by atoms with Gasteiger partial charge in [-0.1, -0.05) is 6.07 Å². The van der Waals surface area contributed by atoms with Crippen molar-refractivity contribution in [3.8, 4) is 0 Å². The van der Waals surface area contributed by atoms with E-state index < -0.39 is 17.7 Å². The van der Waals surface area contributed by atoms with Gasteiger partial charge in [-0.05, 0) is 18.2 Å². The molecule has 1 aromatic carbocycles. The van der Waals surface area contributed by atoms with Crippen LogP contribution in [0.4, 0.5) is 10.1 Å². The zero-order chi connectivity index (χ0) is 14.7. The zero-order valence-corrected chi connectivity index (χ0v) is 10.9. The molecule has 0 aliphatic rings. The molecular formula is C13H12FN3O3. The van der Waals surface area contributed by atoms with Gasteiger partial charge >= 0.3 is 5.97 Å². The number of anilines is 1. The van der Waals surface area contributed by atoms with Crippen LogP contribution >= 0.6 is 0 Å². The van der Waals surface area contributed by atoms with E-state index in [1.165, 1.54) is 36.2 Å². The SMILES string of the molecule is COC(=O)c1c(NC(=O)c2cccc(F)c2)cnn1C. The summed E-state index contributed by atoms with van der Waals surface area (Å²) in [7, 11) is 2.78. The molecule has 0 atom stereocenters. The third-order valence-electron chi connectivity index (χ3n) is 2.65. The lowest BCUT2D eigenvalue weighted by Crippen LogP contribution is -2.16. The maximum atomic E-state index is 13.1. The minimum atomic E-state index is -0.625. The number of amides is 1. The number of benzene rings is 1. The first-order chi connectivity index (χ1) is 9.52. The molecule has 0 unspecified atom stereocenters. The number of aryl methyl sites for hydroxylation is 1. The average molecular weight is 277 g/mol. The number of hydrogen-bond donors (Lipinski definition) is 1. The minimum absolute atomic E-state index is 0.109. The molecule has 0 aliphatic heterocycles. The molecule has 1 heterocycles. The van der Waals surface area contributed by atoms with Gasteiger partial charge in [0, 0.05) is 12.6 Å². The van der Waals surface area contributed by atoms with Crippen molar-refractivity contribution < 1.29 is 18.7 Å². The smallest absolute Gasteiger partial charge is 0.358 e. The van der Waals surface area contributed by atoms with Crippen LogP contribution in [0.2, 0.25) is 0 Å². The first kappa shape index (κ1) is 13.7. The van der Waals surface area contributed by atoms with E-state index in [2.05, 4.69) is 15.2 Å². The van der Waals surface area contributed by atoms with Gasteiger partial charge in [0.15, 0.2) is 5.69 Å². The van der Waals surface area contributed by atoms with Crippen molar-refractivity contribution in [3.63, 3.8) is 0 Å². The Morgan fingerprint density at radius 3 is 2.80 bits per heavy atom. The quantitative estimate of drug-likeness (QED) is 0.865. The summed E-state index contributed by atoms with van der Waals surface area (Å²) in [5.41, 5.74) is 0.454. The number of carbonyl (C=O) groups is 2. The summed E-state index contributed by atoms with van der Waals surface area (Å²) in [6.45, 7) is 0. The molecule has 0 radical (unpaired) electrons. The minimum Gasteiger partial charge on any atom is -0.464 e. The second-order valence-corrected chi connectivity index (χ2v) is 3.99. The molecule has 0 bridgehead atoms. The number of methoxy groups -OCH3 is 1. The van der Waals surface area contributed by atoms with Crippen molar-refractivity contribution in [2.24, 2.45) is 7.05 Å². The van der Waals surface area contributed by atoms with Gasteiger partial charge < -0.3 is 10.1 Å². The molecule has 1 N–H and O–H groups in total. The highest BCUT2D eigenvalue weighted by atomic mass is 19.1. The molecular weight excluding hydrogens is 265 g/mol. The third kappa shape index (κ3) is 2.66. The number of ether oxygens (including phenoxy) is 1. The first-order valence-electron chi connectivity index (χ1n) is 5.70. The molecule has 0 saturated heterocycles. The summed E-state index contributed by atoms with van der Waals surface area (Å²) in [6, 6.07) is 5.23. The highest BCUT2D eigenvalue weighted by Crippen LogP contribution is 2.16. The molecule has 0 aliphatic carbocycles. The maximum absolute atomic E-state index is 13.1. The van der Waals surface area contributed by atoms with Crippen LogP contribution in [0, 0.1) is 5.82 Å². The zero-order valence-electron chi connectivity index (χ0n) is 10.9. The molecule has 7 heteroatoms. The van der Waals surface area contributed by atoms with Crippen LogP contribution in [0.3, 0.4) is 0 Å². The Morgan fingerprint density at radius 2 is 2.15 bits per heavy atom. The predicted octanol–water partition coefficient (Wildman–Crippen LogP) is 1.60. The van der Waals surface area contributed by atoms with E-state index in [1.54, 1.807) is 7.05 Å². The van der Waals surface area contributed by atoms with Crippen molar-refractivity contribution in [3.05, 3.63) is 47.5 Å². The van der Waals surface area contributed by atoms with Crippen LogP contribution in [-0.2, 0) is 11.8 Å². The number of halogens is 1. The van der Waals surface area contributed by atoms with Gasteiger partial charge in [-0.25, -0.2) is 9.18 Å². The average Bonchev–Trinajstić information content (AvgIpc) is 2.79. The lowest BCUT2D eigenvalue weighted by atomic mass is 10.2. The van der Waals surface area contributed by atoms with Gasteiger partial charge in [-0.2, -0.15) is 5.10 Å². The molecule has 1 amide bonds. The Hall–Kier alpha value is -2.70. The van der Waals surface area contributed by atoms with Gasteiger partial charge in [0.1, 0.15) is 5.82 Å². The van der Waals surface area contributed by atoms with Crippen molar-refractivity contribution in [1.82, 2.24) is 9.78 Å². The van der Waals surface area contributed by atoms with Gasteiger partial charge in [-0.15, -0.1) is 0 Å². The van der Waals surface area contributed by atoms with Crippen LogP contribution < -0.4 is 5.32 Å². The highest BCUT2D eigenvalue weighted by Gasteiger charge is 2.19. The summed E-state index contributed by atoms with van der Waals surface area (Å²) >= 11 is 0. The van der Waals surface area contributed by atoms with E-state index in [-0.39, 0.29) is 16.9 Å². The molecule has 0 fully saturated rings. The number of esters is 1. The molecule has 6 nitrogen and oxygen atoms in total. The first-order valence-corrected chi connectivity index (χ1v) is 5.70. The fourth-order valence-corrected chi connectivity index (χ4v) is 1.69. The molecule has 2 aromatic rings. The van der Waals surface area contributed by atoms with Crippen molar-refractivity contribution in [2.45, 2.75) is 0 Å². The van der Waals surface area contributed by atoms with Crippen LogP contribution in [-0.4, -0.2) is 28.8 Å². The lowest BCUT2D eigenvalue weighted by Gasteiger charge is -2.06. The van der Waals surface area contributed by atoms with E-state index in [9.17, 15) is 14.0 Å². The Morgan fingerprint density at radius 1 is 1.40 bits per heavy atom. The van der Waals surface area contributed by atoms with E-state index >= 15 is 0 Å². The molecule has 20 heavy (non-hydrogen) atoms. The number of nitrogens with zero attached hydrogens (tertiary/aromatic N) is 2. The maximum Gasteiger partial charge on any atom is 0.358 e. The lowest BCUT2D eigenvalue weighted by molar-refractivity contribution is 0.0589. The highest BCUT2D eigenvalue weighted by molar-refractivity contribution is 6.07. The Kier molecular flexibility index (Phi) is 3.79. The Balaban J connectivity index is 2.27. The number of aromatic nitrogens is 2. The second-order valence-electron chi connectivity index (χ2n) is 3.99. The van der Waals surface area contributed by atoms with E-state index in [4.69, 9.17) is 0 Å². The van der Waals surface area contributed by atoms with Gasteiger partial charge in [0.2, 0.25) is 0 Å². The van der Waals surface area contributed by atoms with Crippen LogP contribution in [0.5, 0.6) is 0 Å². The third-order valence-corrected chi connectivity index (χ3v) is 2.65. The number of carbonyl (C=O) groups excluding carboxylic acids is 2. The summed E-state index contributed by atoms with van der Waals surface area (Å²) in [5, 5.41) is 6.38. The van der Waals surface area contributed by atoms with Gasteiger partial charge in [-0.3, -0.25) is 9.48 Å². The van der Waals surface area contributed by atoms with Gasteiger partial charge in [0.25, 0.3) is 5.91 Å². The fraction of sp³-hybridized carbons (Fsp3) is 0.154. The Labute approximate surface area is 114 Å². The van der Waals surface area contributed by atoms with E-state index in [0.29, 0.717) is 0 Å². The number of nitrogens with one attached hydrogen (secondary N) is 1. The van der Waals surface area contributed by atoms with Crippen molar-refractivity contribution >= 4 is 17.6 Å². The molecule has 1 aromatic heterocycles. The standard InChI is InChI=1S/C13H12FN3O3/c1-17-11(13(19)20-2)10(7-15-17)16-12(18)8-4-3-5-9(14)6-8/h3-7H,1-2H3,(H,16,18). The largest absolute Gasteiger partial charge is 0.464 e. The summed E-state index contributed by atoms with van der Waals surface area (Å²) < 4.78 is 19.0. The molecule has 0 spiro atoms. The number of hydrogen-bond acceptors (Lipinski definition) is 4. The predicted molar refractivity (Wildman–Crippen MR) is 68.9 cm³/mol. The van der Waals surface area contributed by atoms with Crippen molar-refractivity contribution in [1.29, 1.82) is 0 Å². The molecule has 104 valence electrons. The second kappa shape index (κ2) is 5.52. The Bertz CT molecular complexity index is 667. The van der Waals surface area contributed by atoms with E-state index in [0.717, 1.165) is 6.07 Å². The molecule has 0 saturated carbocycles. The van der Waals surface area contributed by atoms with Crippen LogP contribution in [0.25, 0.3) is 0 Å². The summed E-state index contributed by atoms with van der Waals surface area (Å²) in [6.07, 6.45) is 1.32.